The molecule has 1 aliphatic carbocycles. The summed E-state index contributed by atoms with van der Waals surface area (Å²) in [4.78, 5) is 11.9. The first-order chi connectivity index (χ1) is 12.5. The van der Waals surface area contributed by atoms with Crippen LogP contribution < -0.4 is 4.74 Å². The van der Waals surface area contributed by atoms with Gasteiger partial charge in [-0.3, -0.25) is 4.79 Å². The van der Waals surface area contributed by atoms with Crippen LogP contribution in [0.3, 0.4) is 0 Å². The minimum absolute atomic E-state index is 0.351. The van der Waals surface area contributed by atoms with Gasteiger partial charge in [0, 0.05) is 0 Å². The summed E-state index contributed by atoms with van der Waals surface area (Å²) >= 11 is 6.33. The summed E-state index contributed by atoms with van der Waals surface area (Å²) in [5.74, 6) is -1.51. The molecule has 0 amide bonds. The quantitative estimate of drug-likeness (QED) is 0.763. The molecule has 1 atom stereocenters. The number of aliphatic carboxylic acids is 1. The fourth-order valence-electron chi connectivity index (χ4n) is 3.68. The van der Waals surface area contributed by atoms with Crippen LogP contribution in [0.25, 0.3) is 0 Å². The smallest absolute Gasteiger partial charge is 0.313 e. The Hall–Kier alpha value is -2.04. The van der Waals surface area contributed by atoms with Crippen LogP contribution in [0.4, 0.5) is 0 Å². The van der Waals surface area contributed by atoms with Gasteiger partial charge in [-0.25, -0.2) is 0 Å². The summed E-state index contributed by atoms with van der Waals surface area (Å²) in [6.07, 6.45) is 3.70. The van der Waals surface area contributed by atoms with E-state index in [2.05, 4.69) is 0 Å². The highest BCUT2D eigenvalue weighted by Crippen LogP contribution is 2.41. The van der Waals surface area contributed by atoms with Crippen LogP contribution in [0.15, 0.2) is 48.5 Å². The molecule has 0 spiro atoms. The van der Waals surface area contributed by atoms with Crippen LogP contribution in [0.1, 0.15) is 49.1 Å². The van der Waals surface area contributed by atoms with Crippen molar-refractivity contribution in [2.75, 3.05) is 0 Å². The maximum atomic E-state index is 11.9. The van der Waals surface area contributed by atoms with E-state index in [-0.39, 0.29) is 0 Å². The highest BCUT2D eigenvalue weighted by atomic mass is 35.5. The van der Waals surface area contributed by atoms with Crippen molar-refractivity contribution < 1.29 is 19.7 Å². The van der Waals surface area contributed by atoms with E-state index in [1.807, 2.05) is 30.3 Å². The normalized spacial score (nSPS) is 17.5. The lowest BCUT2D eigenvalue weighted by molar-refractivity contribution is -0.147. The Bertz CT molecular complexity index is 754. The molecular formula is C21H23ClO4. The topological polar surface area (TPSA) is 66.8 Å². The van der Waals surface area contributed by atoms with Gasteiger partial charge >= 0.3 is 5.97 Å². The lowest BCUT2D eigenvalue weighted by Gasteiger charge is -2.37. The summed E-state index contributed by atoms with van der Waals surface area (Å²) in [6, 6.07) is 14.7. The predicted molar refractivity (Wildman–Crippen MR) is 101 cm³/mol. The summed E-state index contributed by atoms with van der Waals surface area (Å²) < 4.78 is 5.75. The molecule has 3 rings (SSSR count). The zero-order chi connectivity index (χ0) is 18.6. The van der Waals surface area contributed by atoms with E-state index in [0.717, 1.165) is 24.8 Å². The van der Waals surface area contributed by atoms with Gasteiger partial charge in [0.15, 0.2) is 0 Å². The molecule has 0 aliphatic heterocycles. The number of aliphatic hydroxyl groups is 1. The second-order valence-electron chi connectivity index (χ2n) is 6.90. The molecule has 2 aromatic carbocycles. The zero-order valence-corrected chi connectivity index (χ0v) is 15.3. The minimum Gasteiger partial charge on any atom is -0.487 e. The van der Waals surface area contributed by atoms with E-state index in [4.69, 9.17) is 16.3 Å². The number of rotatable bonds is 6. The molecule has 1 saturated carbocycles. The van der Waals surface area contributed by atoms with Crippen LogP contribution in [0.2, 0.25) is 5.02 Å². The number of carboxylic acids is 1. The van der Waals surface area contributed by atoms with E-state index < -0.39 is 17.5 Å². The molecule has 4 nitrogen and oxygen atoms in total. The molecule has 0 radical (unpaired) electrons. The molecule has 0 saturated heterocycles. The first kappa shape index (κ1) is 18.7. The van der Waals surface area contributed by atoms with Crippen molar-refractivity contribution in [2.45, 2.75) is 50.2 Å². The van der Waals surface area contributed by atoms with Crippen molar-refractivity contribution in [1.29, 1.82) is 0 Å². The zero-order valence-electron chi connectivity index (χ0n) is 14.5. The number of halogens is 1. The molecule has 1 fully saturated rings. The molecule has 138 valence electrons. The average Bonchev–Trinajstić information content (AvgIpc) is 2.62. The first-order valence-electron chi connectivity index (χ1n) is 8.91. The lowest BCUT2D eigenvalue weighted by Crippen LogP contribution is -2.42. The molecule has 0 heterocycles. The van der Waals surface area contributed by atoms with Crippen molar-refractivity contribution in [2.24, 2.45) is 0 Å². The molecule has 2 N–H and O–H groups in total. The van der Waals surface area contributed by atoms with E-state index in [9.17, 15) is 15.0 Å². The minimum atomic E-state index is -1.22. The van der Waals surface area contributed by atoms with Gasteiger partial charge in [-0.05, 0) is 36.1 Å². The van der Waals surface area contributed by atoms with Gasteiger partial charge in [0.25, 0.3) is 0 Å². The van der Waals surface area contributed by atoms with Gasteiger partial charge in [0.2, 0.25) is 0 Å². The average molecular weight is 375 g/mol. The van der Waals surface area contributed by atoms with E-state index in [1.54, 1.807) is 18.2 Å². The molecule has 0 bridgehead atoms. The van der Waals surface area contributed by atoms with Gasteiger partial charge in [-0.15, -0.1) is 0 Å². The summed E-state index contributed by atoms with van der Waals surface area (Å²) in [5.41, 5.74) is 0.311. The Morgan fingerprint density at radius 3 is 2.42 bits per heavy atom. The second-order valence-corrected chi connectivity index (χ2v) is 7.31. The highest BCUT2D eigenvalue weighted by Gasteiger charge is 2.43. The summed E-state index contributed by atoms with van der Waals surface area (Å²) in [7, 11) is 0. The third kappa shape index (κ3) is 4.19. The maximum absolute atomic E-state index is 11.9. The van der Waals surface area contributed by atoms with Gasteiger partial charge in [-0.2, -0.15) is 0 Å². The SMILES string of the molecule is O=C(O)C(c1ccc(OCc2ccccc2)c(Cl)c1)C1(O)CCCCC1. The van der Waals surface area contributed by atoms with Crippen molar-refractivity contribution in [3.63, 3.8) is 0 Å². The van der Waals surface area contributed by atoms with Crippen molar-refractivity contribution in [3.05, 3.63) is 64.7 Å². The Kier molecular flexibility index (Phi) is 5.84. The number of carbonyl (C=O) groups is 1. The standard InChI is InChI=1S/C21H23ClO4/c22-17-13-16(19(20(23)24)21(25)11-5-2-6-12-21)9-10-18(17)26-14-15-7-3-1-4-8-15/h1,3-4,7-10,13,19,25H,2,5-6,11-12,14H2,(H,23,24). The molecular weight excluding hydrogens is 352 g/mol. The van der Waals surface area contributed by atoms with Gasteiger partial charge in [0.1, 0.15) is 18.3 Å². The Labute approximate surface area is 158 Å². The second kappa shape index (κ2) is 8.11. The molecule has 2 aromatic rings. The van der Waals surface area contributed by atoms with Crippen molar-refractivity contribution >= 4 is 17.6 Å². The fourth-order valence-corrected chi connectivity index (χ4v) is 3.93. The number of ether oxygens (including phenoxy) is 1. The van der Waals surface area contributed by atoms with Crippen LogP contribution in [0.5, 0.6) is 5.75 Å². The van der Waals surface area contributed by atoms with E-state index in [1.165, 1.54) is 0 Å². The number of hydrogen-bond acceptors (Lipinski definition) is 3. The number of benzene rings is 2. The molecule has 5 heteroatoms. The van der Waals surface area contributed by atoms with Crippen LogP contribution in [-0.4, -0.2) is 21.8 Å². The molecule has 0 aromatic heterocycles. The maximum Gasteiger partial charge on any atom is 0.313 e. The third-order valence-corrected chi connectivity index (χ3v) is 5.33. The van der Waals surface area contributed by atoms with Crippen molar-refractivity contribution in [1.82, 2.24) is 0 Å². The van der Waals surface area contributed by atoms with Gasteiger partial charge < -0.3 is 14.9 Å². The number of hydrogen-bond donors (Lipinski definition) is 2. The van der Waals surface area contributed by atoms with E-state index in [0.29, 0.717) is 35.8 Å². The van der Waals surface area contributed by atoms with Gasteiger partial charge in [-0.1, -0.05) is 67.3 Å². The first-order valence-corrected chi connectivity index (χ1v) is 9.29. The summed E-state index contributed by atoms with van der Waals surface area (Å²) in [6.45, 7) is 0.381. The monoisotopic (exact) mass is 374 g/mol. The summed E-state index contributed by atoms with van der Waals surface area (Å²) in [5, 5.41) is 21.0. The predicted octanol–water partition coefficient (Wildman–Crippen LogP) is 4.78. The Morgan fingerprint density at radius 2 is 1.81 bits per heavy atom. The van der Waals surface area contributed by atoms with Crippen LogP contribution >= 0.6 is 11.6 Å². The van der Waals surface area contributed by atoms with Crippen molar-refractivity contribution in [3.8, 4) is 5.75 Å². The van der Waals surface area contributed by atoms with Crippen LogP contribution in [0, 0.1) is 0 Å². The Balaban J connectivity index is 1.79. The molecule has 1 aliphatic rings. The van der Waals surface area contributed by atoms with Crippen LogP contribution in [-0.2, 0) is 11.4 Å². The number of carboxylic acid groups (broad SMARTS) is 1. The fraction of sp³-hybridized carbons (Fsp3) is 0.381. The Morgan fingerprint density at radius 1 is 1.12 bits per heavy atom. The van der Waals surface area contributed by atoms with Gasteiger partial charge in [0.05, 0.1) is 10.6 Å². The lowest BCUT2D eigenvalue weighted by atomic mass is 9.73. The highest BCUT2D eigenvalue weighted by molar-refractivity contribution is 6.32. The third-order valence-electron chi connectivity index (χ3n) is 5.03. The molecule has 26 heavy (non-hydrogen) atoms. The molecule has 1 unspecified atom stereocenters. The largest absolute Gasteiger partial charge is 0.487 e. The van der Waals surface area contributed by atoms with E-state index >= 15 is 0 Å².